The van der Waals surface area contributed by atoms with Crippen molar-refractivity contribution in [3.05, 3.63) is 16.2 Å². The summed E-state index contributed by atoms with van der Waals surface area (Å²) < 4.78 is 10.3. The van der Waals surface area contributed by atoms with Crippen molar-refractivity contribution in [1.29, 1.82) is 0 Å². The van der Waals surface area contributed by atoms with E-state index in [0.29, 0.717) is 37.5 Å². The minimum absolute atomic E-state index is 0.0401. The molecule has 4 rings (SSSR count). The molecule has 10 nitrogen and oxygen atoms in total. The molecule has 0 atom stereocenters. The zero-order chi connectivity index (χ0) is 17.4. The molecule has 2 aliphatic heterocycles. The number of anilines is 2. The smallest absolute Gasteiger partial charge is 0.323 e. The number of hydrogen-bond donors (Lipinski definition) is 1. The summed E-state index contributed by atoms with van der Waals surface area (Å²) in [7, 11) is 2.17. The number of morpholine rings is 1. The van der Waals surface area contributed by atoms with Crippen molar-refractivity contribution in [2.24, 2.45) is 0 Å². The molecular formula is C15H21N6O4+. The Bertz CT molecular complexity index is 780. The van der Waals surface area contributed by atoms with Gasteiger partial charge in [-0.1, -0.05) is 0 Å². The second kappa shape index (κ2) is 6.45. The van der Waals surface area contributed by atoms with Gasteiger partial charge in [0, 0.05) is 13.1 Å². The van der Waals surface area contributed by atoms with Crippen LogP contribution in [0.4, 0.5) is 17.1 Å². The fourth-order valence-corrected chi connectivity index (χ4v) is 3.50. The number of quaternary nitrogens is 1. The summed E-state index contributed by atoms with van der Waals surface area (Å²) in [6.45, 7) is 6.10. The highest BCUT2D eigenvalue weighted by Gasteiger charge is 2.32. The number of nitrogens with zero attached hydrogens (tertiary/aromatic N) is 5. The Labute approximate surface area is 144 Å². The van der Waals surface area contributed by atoms with Gasteiger partial charge >= 0.3 is 5.69 Å². The van der Waals surface area contributed by atoms with Crippen LogP contribution in [0.5, 0.6) is 0 Å². The van der Waals surface area contributed by atoms with Crippen LogP contribution in [0, 0.1) is 10.1 Å². The predicted molar refractivity (Wildman–Crippen MR) is 90.3 cm³/mol. The lowest BCUT2D eigenvalue weighted by Crippen LogP contribution is -3.12. The Morgan fingerprint density at radius 1 is 1.08 bits per heavy atom. The zero-order valence-electron chi connectivity index (χ0n) is 14.1. The molecule has 0 spiro atoms. The molecule has 1 aromatic carbocycles. The lowest BCUT2D eigenvalue weighted by molar-refractivity contribution is -0.880. The summed E-state index contributed by atoms with van der Waals surface area (Å²) in [5, 5.41) is 19.5. The van der Waals surface area contributed by atoms with Crippen molar-refractivity contribution in [2.75, 3.05) is 69.3 Å². The first-order chi connectivity index (χ1) is 12.1. The number of rotatable bonds is 3. The first kappa shape index (κ1) is 16.0. The summed E-state index contributed by atoms with van der Waals surface area (Å²) in [5.74, 6) is 0. The van der Waals surface area contributed by atoms with E-state index in [-0.39, 0.29) is 11.2 Å². The Kier molecular flexibility index (Phi) is 4.14. The molecule has 2 fully saturated rings. The molecule has 2 saturated heterocycles. The number of nitro benzene ring substituents is 1. The van der Waals surface area contributed by atoms with Gasteiger partial charge in [-0.2, -0.15) is 0 Å². The highest BCUT2D eigenvalue weighted by Crippen LogP contribution is 2.40. The van der Waals surface area contributed by atoms with Gasteiger partial charge < -0.3 is 19.4 Å². The second-order valence-corrected chi connectivity index (χ2v) is 6.53. The fourth-order valence-electron chi connectivity index (χ4n) is 3.50. The van der Waals surface area contributed by atoms with Crippen LogP contribution in [0.2, 0.25) is 0 Å². The Morgan fingerprint density at radius 3 is 2.40 bits per heavy atom. The van der Waals surface area contributed by atoms with Gasteiger partial charge in [0.15, 0.2) is 5.52 Å². The van der Waals surface area contributed by atoms with Gasteiger partial charge in [0.05, 0.1) is 57.1 Å². The Hall–Kier alpha value is -2.46. The van der Waals surface area contributed by atoms with Crippen molar-refractivity contribution in [3.8, 4) is 0 Å². The number of ether oxygens (including phenoxy) is 1. The number of fused-ring (bicyclic) bond motifs is 1. The van der Waals surface area contributed by atoms with Gasteiger partial charge in [-0.15, -0.1) is 0 Å². The van der Waals surface area contributed by atoms with Crippen molar-refractivity contribution < 1.29 is 19.2 Å². The molecule has 2 aromatic rings. The van der Waals surface area contributed by atoms with Crippen molar-refractivity contribution in [3.63, 3.8) is 0 Å². The topological polar surface area (TPSA) is 102 Å². The molecule has 3 heterocycles. The SMILES string of the molecule is C[NH+]1CCN(c2cc(N3CCOCC3)c([N+](=O)[O-])c3nonc23)CC1. The van der Waals surface area contributed by atoms with E-state index in [1.54, 1.807) is 0 Å². The summed E-state index contributed by atoms with van der Waals surface area (Å²) in [4.78, 5) is 17.0. The van der Waals surface area contributed by atoms with E-state index in [2.05, 4.69) is 22.3 Å². The molecule has 0 aliphatic carbocycles. The van der Waals surface area contributed by atoms with E-state index in [1.165, 1.54) is 4.90 Å². The van der Waals surface area contributed by atoms with E-state index < -0.39 is 4.92 Å². The standard InChI is InChI=1S/C15H20N6O4/c1-18-2-4-19(5-3-18)11-10-12(20-6-8-24-9-7-20)15(21(22)23)14-13(11)16-25-17-14/h10H,2-9H2,1H3/p+1. The zero-order valence-corrected chi connectivity index (χ0v) is 14.1. The molecule has 10 heteroatoms. The molecule has 134 valence electrons. The lowest BCUT2D eigenvalue weighted by Gasteiger charge is -2.33. The van der Waals surface area contributed by atoms with Crippen LogP contribution in [-0.2, 0) is 4.74 Å². The van der Waals surface area contributed by atoms with E-state index in [1.807, 2.05) is 11.0 Å². The number of piperazine rings is 1. The van der Waals surface area contributed by atoms with Gasteiger partial charge in [-0.25, -0.2) is 4.63 Å². The summed E-state index contributed by atoms with van der Waals surface area (Å²) >= 11 is 0. The highest BCUT2D eigenvalue weighted by atomic mass is 16.6. The predicted octanol–water partition coefficient (Wildman–Crippen LogP) is -0.698. The molecule has 1 N–H and O–H groups in total. The molecular weight excluding hydrogens is 328 g/mol. The van der Waals surface area contributed by atoms with Crippen LogP contribution in [-0.4, -0.2) is 74.8 Å². The molecule has 25 heavy (non-hydrogen) atoms. The third kappa shape index (κ3) is 2.87. The Balaban J connectivity index is 1.84. The number of benzene rings is 1. The number of aromatic nitrogens is 2. The van der Waals surface area contributed by atoms with E-state index in [0.717, 1.165) is 31.9 Å². The average Bonchev–Trinajstić information content (AvgIpc) is 3.11. The molecule has 0 radical (unpaired) electrons. The maximum Gasteiger partial charge on any atom is 0.323 e. The summed E-state index contributed by atoms with van der Waals surface area (Å²) in [6.07, 6.45) is 0. The van der Waals surface area contributed by atoms with Crippen LogP contribution < -0.4 is 14.7 Å². The molecule has 0 bridgehead atoms. The minimum Gasteiger partial charge on any atom is -0.378 e. The van der Waals surface area contributed by atoms with Gasteiger partial charge in [0.2, 0.25) is 5.52 Å². The minimum atomic E-state index is -0.394. The maximum atomic E-state index is 11.7. The van der Waals surface area contributed by atoms with E-state index in [4.69, 9.17) is 9.37 Å². The normalized spacial score (nSPS) is 19.6. The van der Waals surface area contributed by atoms with Crippen molar-refractivity contribution >= 4 is 28.1 Å². The van der Waals surface area contributed by atoms with E-state index in [9.17, 15) is 10.1 Å². The fraction of sp³-hybridized carbons (Fsp3) is 0.600. The van der Waals surface area contributed by atoms with Crippen LogP contribution in [0.15, 0.2) is 10.7 Å². The quantitative estimate of drug-likeness (QED) is 0.573. The second-order valence-electron chi connectivity index (χ2n) is 6.53. The first-order valence-corrected chi connectivity index (χ1v) is 8.48. The van der Waals surface area contributed by atoms with Crippen molar-refractivity contribution in [1.82, 2.24) is 10.3 Å². The first-order valence-electron chi connectivity index (χ1n) is 8.48. The largest absolute Gasteiger partial charge is 0.378 e. The van der Waals surface area contributed by atoms with Crippen LogP contribution in [0.25, 0.3) is 11.0 Å². The average molecular weight is 349 g/mol. The molecule has 2 aliphatic rings. The third-order valence-corrected chi connectivity index (χ3v) is 4.96. The summed E-state index contributed by atoms with van der Waals surface area (Å²) in [6, 6.07) is 1.87. The number of nitro groups is 1. The number of nitrogens with one attached hydrogen (secondary N) is 1. The van der Waals surface area contributed by atoms with Crippen LogP contribution in [0.3, 0.4) is 0 Å². The van der Waals surface area contributed by atoms with Crippen molar-refractivity contribution in [2.45, 2.75) is 0 Å². The van der Waals surface area contributed by atoms with Crippen LogP contribution in [0.1, 0.15) is 0 Å². The van der Waals surface area contributed by atoms with Gasteiger partial charge in [0.25, 0.3) is 0 Å². The highest BCUT2D eigenvalue weighted by molar-refractivity contribution is 6.00. The molecule has 0 amide bonds. The van der Waals surface area contributed by atoms with Crippen LogP contribution >= 0.6 is 0 Å². The number of hydrogen-bond acceptors (Lipinski definition) is 8. The lowest BCUT2D eigenvalue weighted by atomic mass is 10.1. The molecule has 0 saturated carbocycles. The third-order valence-electron chi connectivity index (χ3n) is 4.96. The van der Waals surface area contributed by atoms with E-state index >= 15 is 0 Å². The summed E-state index contributed by atoms with van der Waals surface area (Å²) in [5.41, 5.74) is 2.06. The van der Waals surface area contributed by atoms with Gasteiger partial charge in [0.1, 0.15) is 5.69 Å². The molecule has 0 unspecified atom stereocenters. The maximum absolute atomic E-state index is 11.7. The van der Waals surface area contributed by atoms with Gasteiger partial charge in [-0.3, -0.25) is 10.1 Å². The monoisotopic (exact) mass is 349 g/mol. The Morgan fingerprint density at radius 2 is 1.72 bits per heavy atom. The van der Waals surface area contributed by atoms with Gasteiger partial charge in [-0.05, 0) is 16.4 Å². The molecule has 1 aromatic heterocycles. The number of likely N-dealkylation sites (N-methyl/N-ethyl adjacent to an activating group) is 1.